The van der Waals surface area contributed by atoms with Gasteiger partial charge in [0.25, 0.3) is 0 Å². The molecule has 0 radical (unpaired) electrons. The van der Waals surface area contributed by atoms with Crippen molar-refractivity contribution in [2.75, 3.05) is 20.2 Å². The number of guanidine groups is 1. The van der Waals surface area contributed by atoms with Crippen LogP contribution in [-0.2, 0) is 17.9 Å². The molecule has 0 aliphatic heterocycles. The maximum atomic E-state index is 5.66. The second-order valence-electron chi connectivity index (χ2n) is 5.38. The highest BCUT2D eigenvalue weighted by atomic mass is 16.5. The van der Waals surface area contributed by atoms with Crippen LogP contribution in [0.5, 0.6) is 0 Å². The van der Waals surface area contributed by atoms with Crippen molar-refractivity contribution in [3.05, 3.63) is 35.4 Å². The van der Waals surface area contributed by atoms with Gasteiger partial charge in [-0.15, -0.1) is 0 Å². The molecule has 0 unspecified atom stereocenters. The number of unbranched alkanes of at least 4 members (excludes halogenated alkanes) is 2. The topological polar surface area (TPSA) is 45.7 Å². The number of aliphatic imine (C=N–C) groups is 1. The molecular weight excluding hydrogens is 274 g/mol. The van der Waals surface area contributed by atoms with Crippen molar-refractivity contribution < 1.29 is 4.74 Å². The third-order valence-electron chi connectivity index (χ3n) is 3.47. The molecule has 0 heterocycles. The summed E-state index contributed by atoms with van der Waals surface area (Å²) in [6, 6.07) is 8.40. The summed E-state index contributed by atoms with van der Waals surface area (Å²) in [4.78, 5) is 4.27. The van der Waals surface area contributed by atoms with Crippen molar-refractivity contribution in [3.63, 3.8) is 0 Å². The molecule has 0 saturated carbocycles. The molecule has 0 spiro atoms. The largest absolute Gasteiger partial charge is 0.377 e. The number of ether oxygens (including phenoxy) is 1. The number of hydrogen-bond donors (Lipinski definition) is 2. The standard InChI is InChI=1S/C18H31N3O/c1-4-6-9-12-20-18(19-3)21-14-16-10-7-8-11-17(16)15-22-13-5-2/h7-8,10-11H,4-6,9,12-15H2,1-3H3,(H2,19,20,21). The molecule has 22 heavy (non-hydrogen) atoms. The highest BCUT2D eigenvalue weighted by Crippen LogP contribution is 2.10. The normalized spacial score (nSPS) is 11.5. The summed E-state index contributed by atoms with van der Waals surface area (Å²) < 4.78 is 5.66. The van der Waals surface area contributed by atoms with E-state index in [1.165, 1.54) is 30.4 Å². The van der Waals surface area contributed by atoms with Gasteiger partial charge in [-0.25, -0.2) is 0 Å². The Morgan fingerprint density at radius 2 is 1.82 bits per heavy atom. The first-order valence-electron chi connectivity index (χ1n) is 8.40. The van der Waals surface area contributed by atoms with Crippen LogP contribution in [0, 0.1) is 0 Å². The van der Waals surface area contributed by atoms with Crippen LogP contribution in [0.15, 0.2) is 29.3 Å². The highest BCUT2D eigenvalue weighted by Gasteiger charge is 2.03. The van der Waals surface area contributed by atoms with E-state index in [1.54, 1.807) is 0 Å². The zero-order valence-corrected chi connectivity index (χ0v) is 14.3. The molecule has 0 bridgehead atoms. The van der Waals surface area contributed by atoms with Gasteiger partial charge in [0.15, 0.2) is 5.96 Å². The summed E-state index contributed by atoms with van der Waals surface area (Å²) in [7, 11) is 1.81. The van der Waals surface area contributed by atoms with Crippen molar-refractivity contribution in [1.29, 1.82) is 0 Å². The van der Waals surface area contributed by atoms with Crippen LogP contribution in [0.1, 0.15) is 50.7 Å². The van der Waals surface area contributed by atoms with E-state index in [9.17, 15) is 0 Å². The summed E-state index contributed by atoms with van der Waals surface area (Å²) in [6.45, 7) is 7.55. The Morgan fingerprint density at radius 3 is 2.50 bits per heavy atom. The van der Waals surface area contributed by atoms with Gasteiger partial charge in [-0.1, -0.05) is 51.0 Å². The first-order valence-corrected chi connectivity index (χ1v) is 8.40. The summed E-state index contributed by atoms with van der Waals surface area (Å²) >= 11 is 0. The Hall–Kier alpha value is -1.55. The van der Waals surface area contributed by atoms with Crippen LogP contribution in [-0.4, -0.2) is 26.2 Å². The van der Waals surface area contributed by atoms with Crippen LogP contribution in [0.4, 0.5) is 0 Å². The zero-order chi connectivity index (χ0) is 16.0. The van der Waals surface area contributed by atoms with Crippen molar-refractivity contribution in [1.82, 2.24) is 10.6 Å². The lowest BCUT2D eigenvalue weighted by atomic mass is 10.1. The quantitative estimate of drug-likeness (QED) is 0.395. The molecule has 2 N–H and O–H groups in total. The Bertz CT molecular complexity index is 432. The lowest BCUT2D eigenvalue weighted by Gasteiger charge is -2.14. The van der Waals surface area contributed by atoms with Gasteiger partial charge in [-0.05, 0) is 24.0 Å². The summed E-state index contributed by atoms with van der Waals surface area (Å²) in [5.74, 6) is 0.861. The molecule has 4 heteroatoms. The molecule has 0 saturated heterocycles. The summed E-state index contributed by atoms with van der Waals surface area (Å²) in [5.41, 5.74) is 2.50. The van der Waals surface area contributed by atoms with Crippen LogP contribution in [0.3, 0.4) is 0 Å². The van der Waals surface area contributed by atoms with E-state index in [2.05, 4.69) is 53.7 Å². The average molecular weight is 305 g/mol. The maximum absolute atomic E-state index is 5.66. The molecule has 0 aromatic heterocycles. The lowest BCUT2D eigenvalue weighted by molar-refractivity contribution is 0.121. The maximum Gasteiger partial charge on any atom is 0.191 e. The molecule has 0 fully saturated rings. The van der Waals surface area contributed by atoms with Gasteiger partial charge in [0.05, 0.1) is 6.61 Å². The van der Waals surface area contributed by atoms with E-state index >= 15 is 0 Å². The van der Waals surface area contributed by atoms with Gasteiger partial charge in [0.1, 0.15) is 0 Å². The molecule has 124 valence electrons. The molecule has 1 aromatic carbocycles. The number of rotatable bonds is 10. The van der Waals surface area contributed by atoms with E-state index in [0.717, 1.165) is 32.1 Å². The third-order valence-corrected chi connectivity index (χ3v) is 3.47. The second kappa shape index (κ2) is 12.0. The molecule has 4 nitrogen and oxygen atoms in total. The fourth-order valence-electron chi connectivity index (χ4n) is 2.18. The second-order valence-corrected chi connectivity index (χ2v) is 5.38. The SMILES string of the molecule is CCCCCNC(=NC)NCc1ccccc1COCCC. The van der Waals surface area contributed by atoms with Crippen molar-refractivity contribution >= 4 is 5.96 Å². The van der Waals surface area contributed by atoms with Gasteiger partial charge >= 0.3 is 0 Å². The van der Waals surface area contributed by atoms with Crippen LogP contribution >= 0.6 is 0 Å². The minimum absolute atomic E-state index is 0.675. The molecular formula is C18H31N3O. The van der Waals surface area contributed by atoms with Gasteiger partial charge in [0, 0.05) is 26.7 Å². The zero-order valence-electron chi connectivity index (χ0n) is 14.3. The molecule has 0 atom stereocenters. The van der Waals surface area contributed by atoms with E-state index in [0.29, 0.717) is 6.61 Å². The molecule has 0 amide bonds. The van der Waals surface area contributed by atoms with Crippen molar-refractivity contribution in [2.24, 2.45) is 4.99 Å². The number of nitrogens with zero attached hydrogens (tertiary/aromatic N) is 1. The van der Waals surface area contributed by atoms with E-state index in [1.807, 2.05) is 7.05 Å². The third kappa shape index (κ3) is 7.46. The predicted octanol–water partition coefficient (Wildman–Crippen LogP) is 3.47. The minimum Gasteiger partial charge on any atom is -0.377 e. The van der Waals surface area contributed by atoms with Gasteiger partial charge in [0.2, 0.25) is 0 Å². The van der Waals surface area contributed by atoms with E-state index in [4.69, 9.17) is 4.74 Å². The number of nitrogens with one attached hydrogen (secondary N) is 2. The van der Waals surface area contributed by atoms with Crippen LogP contribution in [0.25, 0.3) is 0 Å². The Labute approximate surface area is 135 Å². The molecule has 1 rings (SSSR count). The number of benzene rings is 1. The first-order chi connectivity index (χ1) is 10.8. The summed E-state index contributed by atoms with van der Waals surface area (Å²) in [6.07, 6.45) is 4.72. The van der Waals surface area contributed by atoms with Crippen molar-refractivity contribution in [2.45, 2.75) is 52.7 Å². The minimum atomic E-state index is 0.675. The molecule has 0 aliphatic rings. The Morgan fingerprint density at radius 1 is 1.05 bits per heavy atom. The van der Waals surface area contributed by atoms with E-state index in [-0.39, 0.29) is 0 Å². The van der Waals surface area contributed by atoms with Crippen LogP contribution < -0.4 is 10.6 Å². The van der Waals surface area contributed by atoms with Gasteiger partial charge in [-0.2, -0.15) is 0 Å². The van der Waals surface area contributed by atoms with Gasteiger partial charge < -0.3 is 15.4 Å². The summed E-state index contributed by atoms with van der Waals surface area (Å²) in [5, 5.41) is 6.73. The Balaban J connectivity index is 2.44. The van der Waals surface area contributed by atoms with Gasteiger partial charge in [-0.3, -0.25) is 4.99 Å². The fraction of sp³-hybridized carbons (Fsp3) is 0.611. The smallest absolute Gasteiger partial charge is 0.191 e. The lowest BCUT2D eigenvalue weighted by Crippen LogP contribution is -2.37. The molecule has 1 aromatic rings. The Kier molecular flexibility index (Phi) is 10.1. The fourth-order valence-corrected chi connectivity index (χ4v) is 2.18. The monoisotopic (exact) mass is 305 g/mol. The first kappa shape index (κ1) is 18.5. The number of hydrogen-bond acceptors (Lipinski definition) is 2. The molecule has 0 aliphatic carbocycles. The highest BCUT2D eigenvalue weighted by molar-refractivity contribution is 5.79. The van der Waals surface area contributed by atoms with E-state index < -0.39 is 0 Å². The van der Waals surface area contributed by atoms with Crippen molar-refractivity contribution in [3.8, 4) is 0 Å². The average Bonchev–Trinajstić information content (AvgIpc) is 2.55. The van der Waals surface area contributed by atoms with Crippen LogP contribution in [0.2, 0.25) is 0 Å². The predicted molar refractivity (Wildman–Crippen MR) is 94.1 cm³/mol.